The molecule has 0 amide bonds. The molecule has 0 unspecified atom stereocenters. The predicted molar refractivity (Wildman–Crippen MR) is 93.2 cm³/mol. The molecular formula is C17H16BrN5O. The van der Waals surface area contributed by atoms with Gasteiger partial charge in [0, 0.05) is 16.5 Å². The lowest BCUT2D eigenvalue weighted by Crippen LogP contribution is -2.12. The van der Waals surface area contributed by atoms with Crippen molar-refractivity contribution >= 4 is 21.7 Å². The number of benzene rings is 1. The number of aromatic nitrogens is 5. The Hall–Kier alpha value is -2.28. The molecule has 1 aliphatic rings. The number of rotatable bonds is 3. The van der Waals surface area contributed by atoms with Gasteiger partial charge < -0.3 is 0 Å². The maximum absolute atomic E-state index is 12.6. The van der Waals surface area contributed by atoms with Gasteiger partial charge in [0.05, 0.1) is 17.9 Å². The molecule has 122 valence electrons. The minimum atomic E-state index is 0.0703. The van der Waals surface area contributed by atoms with Crippen LogP contribution in [0.2, 0.25) is 0 Å². The van der Waals surface area contributed by atoms with Crippen LogP contribution in [0.15, 0.2) is 35.3 Å². The molecular weight excluding hydrogens is 370 g/mol. The van der Waals surface area contributed by atoms with Crippen molar-refractivity contribution in [3.05, 3.63) is 46.7 Å². The summed E-state index contributed by atoms with van der Waals surface area (Å²) in [5, 5.41) is 4.32. The average Bonchev–Trinajstić information content (AvgIpc) is 3.12. The molecule has 1 aromatic carbocycles. The number of Topliss-reactive ketones (excluding diaryl/α,β-unsaturated/α-hetero) is 1. The van der Waals surface area contributed by atoms with Gasteiger partial charge in [-0.2, -0.15) is 5.10 Å². The smallest absolute Gasteiger partial charge is 0.183 e. The molecule has 0 atom stereocenters. The van der Waals surface area contributed by atoms with Crippen LogP contribution in [0.4, 0.5) is 0 Å². The number of carbonyl (C=O) groups is 1. The van der Waals surface area contributed by atoms with Crippen LogP contribution < -0.4 is 0 Å². The van der Waals surface area contributed by atoms with E-state index in [4.69, 9.17) is 0 Å². The van der Waals surface area contributed by atoms with E-state index in [9.17, 15) is 4.79 Å². The van der Waals surface area contributed by atoms with Gasteiger partial charge in [-0.1, -0.05) is 29.8 Å². The molecule has 4 rings (SSSR count). The van der Waals surface area contributed by atoms with Gasteiger partial charge in [0.15, 0.2) is 11.6 Å². The van der Waals surface area contributed by atoms with Crippen LogP contribution in [-0.2, 0) is 6.54 Å². The monoisotopic (exact) mass is 385 g/mol. The van der Waals surface area contributed by atoms with E-state index in [1.807, 2.05) is 41.3 Å². The van der Waals surface area contributed by atoms with Gasteiger partial charge in [-0.15, -0.1) is 0 Å². The van der Waals surface area contributed by atoms with E-state index < -0.39 is 0 Å². The maximum Gasteiger partial charge on any atom is 0.183 e. The molecule has 7 heteroatoms. The van der Waals surface area contributed by atoms with Crippen molar-refractivity contribution in [3.8, 4) is 17.1 Å². The molecule has 1 aliphatic heterocycles. The quantitative estimate of drug-likeness (QED) is 0.506. The number of hydrogen-bond acceptors (Lipinski definition) is 4. The first kappa shape index (κ1) is 15.3. The summed E-state index contributed by atoms with van der Waals surface area (Å²) in [7, 11) is 0. The van der Waals surface area contributed by atoms with Gasteiger partial charge in [0.2, 0.25) is 0 Å². The van der Waals surface area contributed by atoms with Crippen LogP contribution in [-0.4, -0.2) is 30.1 Å². The Morgan fingerprint density at radius 3 is 2.96 bits per heavy atom. The average molecular weight is 386 g/mol. The van der Waals surface area contributed by atoms with Gasteiger partial charge in [-0.25, -0.2) is 14.6 Å². The first-order chi connectivity index (χ1) is 11.5. The van der Waals surface area contributed by atoms with E-state index in [0.717, 1.165) is 27.2 Å². The number of hydrogen-bond donors (Lipinski definition) is 0. The van der Waals surface area contributed by atoms with Crippen LogP contribution in [0.5, 0.6) is 0 Å². The number of fused-ring (bicyclic) bond motifs is 5. The van der Waals surface area contributed by atoms with Crippen molar-refractivity contribution in [1.29, 1.82) is 0 Å². The summed E-state index contributed by atoms with van der Waals surface area (Å²) in [4.78, 5) is 21.4. The SMILES string of the molecule is CC(C)CC(=O)c1ncn2c1Cn1ncnc1-c1cc(Br)ccc1-2. The van der Waals surface area contributed by atoms with E-state index in [1.165, 1.54) is 0 Å². The standard InChI is InChI=1S/C17H16BrN5O/c1-10(2)5-15(24)16-14-7-23-17(19-8-21-23)12-6-11(18)3-4-13(12)22(14)9-20-16/h3-4,6,8-10H,5,7H2,1-2H3. The van der Waals surface area contributed by atoms with Crippen molar-refractivity contribution < 1.29 is 4.79 Å². The first-order valence-corrected chi connectivity index (χ1v) is 8.61. The Morgan fingerprint density at radius 1 is 1.33 bits per heavy atom. The van der Waals surface area contributed by atoms with E-state index >= 15 is 0 Å². The first-order valence-electron chi connectivity index (χ1n) is 7.82. The summed E-state index contributed by atoms with van der Waals surface area (Å²) in [6, 6.07) is 6.00. The second kappa shape index (κ2) is 5.66. The Bertz CT molecular complexity index is 940. The topological polar surface area (TPSA) is 65.6 Å². The van der Waals surface area contributed by atoms with E-state index in [1.54, 1.807) is 12.7 Å². The van der Waals surface area contributed by atoms with Crippen LogP contribution in [0.3, 0.4) is 0 Å². The fourth-order valence-electron chi connectivity index (χ4n) is 3.06. The van der Waals surface area contributed by atoms with Crippen LogP contribution in [0.1, 0.15) is 36.5 Å². The summed E-state index contributed by atoms with van der Waals surface area (Å²) >= 11 is 3.52. The highest BCUT2D eigenvalue weighted by molar-refractivity contribution is 9.10. The van der Waals surface area contributed by atoms with Gasteiger partial charge in [0.25, 0.3) is 0 Å². The molecule has 0 spiro atoms. The lowest BCUT2D eigenvalue weighted by molar-refractivity contribution is 0.0962. The minimum absolute atomic E-state index is 0.0703. The van der Waals surface area contributed by atoms with E-state index in [2.05, 4.69) is 31.0 Å². The molecule has 0 bridgehead atoms. The van der Waals surface area contributed by atoms with Crippen LogP contribution in [0.25, 0.3) is 17.1 Å². The summed E-state index contributed by atoms with van der Waals surface area (Å²) in [6.07, 6.45) is 3.76. The van der Waals surface area contributed by atoms with E-state index in [-0.39, 0.29) is 5.78 Å². The molecule has 0 aliphatic carbocycles. The van der Waals surface area contributed by atoms with Gasteiger partial charge in [-0.3, -0.25) is 9.36 Å². The molecule has 0 radical (unpaired) electrons. The fourth-order valence-corrected chi connectivity index (χ4v) is 3.42. The molecule has 3 heterocycles. The molecule has 0 saturated carbocycles. The Labute approximate surface area is 147 Å². The molecule has 0 fully saturated rings. The highest BCUT2D eigenvalue weighted by Gasteiger charge is 2.26. The zero-order valence-electron chi connectivity index (χ0n) is 13.4. The van der Waals surface area contributed by atoms with Crippen molar-refractivity contribution in [1.82, 2.24) is 24.3 Å². The summed E-state index contributed by atoms with van der Waals surface area (Å²) < 4.78 is 4.76. The van der Waals surface area contributed by atoms with Gasteiger partial charge in [-0.05, 0) is 24.1 Å². The molecule has 6 nitrogen and oxygen atoms in total. The van der Waals surface area contributed by atoms with E-state index in [0.29, 0.717) is 24.6 Å². The predicted octanol–water partition coefficient (Wildman–Crippen LogP) is 3.48. The third kappa shape index (κ3) is 2.39. The van der Waals surface area contributed by atoms with Crippen LogP contribution >= 0.6 is 15.9 Å². The Kier molecular flexibility index (Phi) is 3.60. The zero-order valence-corrected chi connectivity index (χ0v) is 15.0. The number of imidazole rings is 1. The number of nitrogens with zero attached hydrogens (tertiary/aromatic N) is 5. The fraction of sp³-hybridized carbons (Fsp3) is 0.294. The Morgan fingerprint density at radius 2 is 2.17 bits per heavy atom. The largest absolute Gasteiger partial charge is 0.300 e. The molecule has 24 heavy (non-hydrogen) atoms. The highest BCUT2D eigenvalue weighted by Crippen LogP contribution is 2.33. The number of ketones is 1. The Balaban J connectivity index is 1.93. The summed E-state index contributed by atoms with van der Waals surface area (Å²) in [6.45, 7) is 4.55. The van der Waals surface area contributed by atoms with Crippen molar-refractivity contribution in [2.45, 2.75) is 26.8 Å². The van der Waals surface area contributed by atoms with Crippen LogP contribution in [0, 0.1) is 5.92 Å². The second-order valence-electron chi connectivity index (χ2n) is 6.33. The van der Waals surface area contributed by atoms with Crippen molar-refractivity contribution in [2.75, 3.05) is 0 Å². The van der Waals surface area contributed by atoms with Crippen molar-refractivity contribution in [3.63, 3.8) is 0 Å². The third-order valence-corrected chi connectivity index (χ3v) is 4.59. The minimum Gasteiger partial charge on any atom is -0.300 e. The highest BCUT2D eigenvalue weighted by atomic mass is 79.9. The lowest BCUT2D eigenvalue weighted by Gasteiger charge is -2.09. The normalized spacial score (nSPS) is 12.5. The molecule has 3 aromatic rings. The lowest BCUT2D eigenvalue weighted by atomic mass is 10.0. The maximum atomic E-state index is 12.6. The molecule has 0 saturated heterocycles. The zero-order chi connectivity index (χ0) is 16.8. The van der Waals surface area contributed by atoms with Crippen molar-refractivity contribution in [2.24, 2.45) is 5.92 Å². The number of halogens is 1. The van der Waals surface area contributed by atoms with Gasteiger partial charge >= 0.3 is 0 Å². The number of carbonyl (C=O) groups excluding carboxylic acids is 1. The second-order valence-corrected chi connectivity index (χ2v) is 7.25. The molecule has 2 aromatic heterocycles. The molecule has 0 N–H and O–H groups in total. The van der Waals surface area contributed by atoms with Gasteiger partial charge in [0.1, 0.15) is 18.3 Å². The third-order valence-electron chi connectivity index (χ3n) is 4.10. The summed E-state index contributed by atoms with van der Waals surface area (Å²) in [5.41, 5.74) is 3.30. The summed E-state index contributed by atoms with van der Waals surface area (Å²) in [5.74, 6) is 1.16.